The van der Waals surface area contributed by atoms with E-state index in [1.165, 1.54) is 12.3 Å². The van der Waals surface area contributed by atoms with Crippen molar-refractivity contribution in [3.8, 4) is 0 Å². The van der Waals surface area contributed by atoms with Crippen molar-refractivity contribution in [3.05, 3.63) is 22.7 Å². The van der Waals surface area contributed by atoms with E-state index in [0.717, 1.165) is 4.57 Å². The lowest BCUT2D eigenvalue weighted by Gasteiger charge is -2.17. The number of aromatic nitrogens is 2. The Morgan fingerprint density at radius 3 is 2.95 bits per heavy atom. The SMILES string of the molecule is COCCNC[C@H]1O[C@@H](n2ccc(N)nc2=O)[C@@H](O)[C@@H]1O. The fourth-order valence-corrected chi connectivity index (χ4v) is 2.17. The second-order valence-electron chi connectivity index (χ2n) is 4.79. The number of anilines is 1. The van der Waals surface area contributed by atoms with Gasteiger partial charge in [0, 0.05) is 26.4 Å². The molecule has 0 aromatic carbocycles. The molecular formula is C12H20N4O5. The molecule has 1 aliphatic rings. The molecule has 4 atom stereocenters. The number of nitrogens with zero attached hydrogens (tertiary/aromatic N) is 2. The van der Waals surface area contributed by atoms with Gasteiger partial charge in [0.2, 0.25) is 0 Å². The van der Waals surface area contributed by atoms with Gasteiger partial charge in [0.1, 0.15) is 24.1 Å². The lowest BCUT2D eigenvalue weighted by Crippen LogP contribution is -2.39. The van der Waals surface area contributed by atoms with Gasteiger partial charge in [-0.2, -0.15) is 4.98 Å². The fourth-order valence-electron chi connectivity index (χ4n) is 2.17. The third-order valence-electron chi connectivity index (χ3n) is 3.29. The lowest BCUT2D eigenvalue weighted by molar-refractivity contribution is -0.0391. The van der Waals surface area contributed by atoms with Gasteiger partial charge in [0.05, 0.1) is 6.61 Å². The number of nitrogen functional groups attached to an aromatic ring is 1. The number of aliphatic hydroxyl groups excluding tert-OH is 2. The maximum Gasteiger partial charge on any atom is 0.351 e. The van der Waals surface area contributed by atoms with Gasteiger partial charge in [-0.25, -0.2) is 4.79 Å². The smallest absolute Gasteiger partial charge is 0.351 e. The summed E-state index contributed by atoms with van der Waals surface area (Å²) in [6.45, 7) is 1.44. The predicted molar refractivity (Wildman–Crippen MR) is 73.6 cm³/mol. The number of aliphatic hydroxyl groups is 2. The second-order valence-corrected chi connectivity index (χ2v) is 4.79. The van der Waals surface area contributed by atoms with Crippen LogP contribution >= 0.6 is 0 Å². The fraction of sp³-hybridized carbons (Fsp3) is 0.667. The van der Waals surface area contributed by atoms with Crippen LogP contribution in [-0.4, -0.2) is 64.9 Å². The van der Waals surface area contributed by atoms with Crippen LogP contribution in [0.4, 0.5) is 5.82 Å². The summed E-state index contributed by atoms with van der Waals surface area (Å²) in [5.74, 6) is 0.0852. The highest BCUT2D eigenvalue weighted by Crippen LogP contribution is 2.27. The Kier molecular flexibility index (Phi) is 5.26. The Morgan fingerprint density at radius 2 is 2.29 bits per heavy atom. The highest BCUT2D eigenvalue weighted by Gasteiger charge is 2.43. The quantitative estimate of drug-likeness (QED) is 0.431. The number of rotatable bonds is 6. The van der Waals surface area contributed by atoms with E-state index < -0.39 is 30.2 Å². The molecule has 9 nitrogen and oxygen atoms in total. The third kappa shape index (κ3) is 3.57. The minimum atomic E-state index is -1.22. The minimum Gasteiger partial charge on any atom is -0.387 e. The molecule has 1 aliphatic heterocycles. The van der Waals surface area contributed by atoms with Crippen molar-refractivity contribution < 1.29 is 19.7 Å². The molecule has 5 N–H and O–H groups in total. The molecule has 0 amide bonds. The van der Waals surface area contributed by atoms with Crippen molar-refractivity contribution in [1.82, 2.24) is 14.9 Å². The second kappa shape index (κ2) is 6.96. The molecule has 0 radical (unpaired) electrons. The molecule has 1 fully saturated rings. The van der Waals surface area contributed by atoms with E-state index in [2.05, 4.69) is 10.3 Å². The van der Waals surface area contributed by atoms with E-state index in [4.69, 9.17) is 15.2 Å². The summed E-state index contributed by atoms with van der Waals surface area (Å²) in [4.78, 5) is 15.3. The molecule has 1 aromatic rings. The van der Waals surface area contributed by atoms with Crippen molar-refractivity contribution in [2.24, 2.45) is 0 Å². The Labute approximate surface area is 121 Å². The zero-order chi connectivity index (χ0) is 15.4. The Hall–Kier alpha value is -1.52. The number of ether oxygens (including phenoxy) is 2. The molecule has 2 heterocycles. The molecule has 1 saturated heterocycles. The van der Waals surface area contributed by atoms with Gasteiger partial charge in [-0.05, 0) is 6.07 Å². The number of hydrogen-bond donors (Lipinski definition) is 4. The van der Waals surface area contributed by atoms with E-state index in [9.17, 15) is 15.0 Å². The van der Waals surface area contributed by atoms with Gasteiger partial charge >= 0.3 is 5.69 Å². The monoisotopic (exact) mass is 300 g/mol. The summed E-state index contributed by atoms with van der Waals surface area (Å²) in [5, 5.41) is 23.0. The molecule has 0 aliphatic carbocycles. The van der Waals surface area contributed by atoms with Crippen molar-refractivity contribution in [3.63, 3.8) is 0 Å². The van der Waals surface area contributed by atoms with E-state index in [1.54, 1.807) is 7.11 Å². The molecule has 118 valence electrons. The number of nitrogens with two attached hydrogens (primary N) is 1. The van der Waals surface area contributed by atoms with E-state index in [1.807, 2.05) is 0 Å². The number of nitrogens with one attached hydrogen (secondary N) is 1. The van der Waals surface area contributed by atoms with Gasteiger partial charge in [0.25, 0.3) is 0 Å². The highest BCUT2D eigenvalue weighted by atomic mass is 16.6. The Morgan fingerprint density at radius 1 is 1.52 bits per heavy atom. The van der Waals surface area contributed by atoms with Crippen LogP contribution in [0.5, 0.6) is 0 Å². The van der Waals surface area contributed by atoms with Gasteiger partial charge in [-0.1, -0.05) is 0 Å². The molecule has 9 heteroatoms. The van der Waals surface area contributed by atoms with E-state index >= 15 is 0 Å². The largest absolute Gasteiger partial charge is 0.387 e. The molecule has 0 unspecified atom stereocenters. The van der Waals surface area contributed by atoms with Crippen molar-refractivity contribution in [1.29, 1.82) is 0 Å². The molecule has 21 heavy (non-hydrogen) atoms. The van der Waals surface area contributed by atoms with Crippen molar-refractivity contribution in [2.45, 2.75) is 24.5 Å². The Balaban J connectivity index is 2.03. The lowest BCUT2D eigenvalue weighted by atomic mass is 10.1. The summed E-state index contributed by atoms with van der Waals surface area (Å²) in [7, 11) is 1.59. The Bertz CT molecular complexity index is 523. The average molecular weight is 300 g/mol. The normalized spacial score (nSPS) is 28.9. The first kappa shape index (κ1) is 15.9. The topological polar surface area (TPSA) is 132 Å². The van der Waals surface area contributed by atoms with Crippen LogP contribution in [0.1, 0.15) is 6.23 Å². The van der Waals surface area contributed by atoms with Crippen LogP contribution in [-0.2, 0) is 9.47 Å². The molecule has 1 aromatic heterocycles. The van der Waals surface area contributed by atoms with Crippen LogP contribution in [0.15, 0.2) is 17.1 Å². The van der Waals surface area contributed by atoms with Crippen LogP contribution in [0.2, 0.25) is 0 Å². The standard InChI is InChI=1S/C12H20N4O5/c1-20-5-3-14-6-7-9(17)10(18)11(21-7)16-4-2-8(13)15-12(16)19/h2,4,7,9-11,14,17-18H,3,5-6H2,1H3,(H2,13,15,19)/t7-,9-,10+,11-/m1/s1. The summed E-state index contributed by atoms with van der Waals surface area (Å²) >= 11 is 0. The molecule has 2 rings (SSSR count). The van der Waals surface area contributed by atoms with Crippen LogP contribution < -0.4 is 16.7 Å². The zero-order valence-electron chi connectivity index (χ0n) is 11.7. The number of methoxy groups -OCH3 is 1. The summed E-state index contributed by atoms with van der Waals surface area (Å²) in [6.07, 6.45) is -2.57. The summed E-state index contributed by atoms with van der Waals surface area (Å²) in [6, 6.07) is 1.42. The maximum atomic E-state index is 11.8. The first-order chi connectivity index (χ1) is 10.0. The van der Waals surface area contributed by atoms with E-state index in [-0.39, 0.29) is 5.82 Å². The third-order valence-corrected chi connectivity index (χ3v) is 3.29. The number of hydrogen-bond acceptors (Lipinski definition) is 8. The van der Waals surface area contributed by atoms with Crippen molar-refractivity contribution >= 4 is 5.82 Å². The van der Waals surface area contributed by atoms with Gasteiger partial charge in [-0.3, -0.25) is 4.57 Å². The zero-order valence-corrected chi connectivity index (χ0v) is 11.7. The van der Waals surface area contributed by atoms with Crippen LogP contribution in [0.25, 0.3) is 0 Å². The average Bonchev–Trinajstić information content (AvgIpc) is 2.72. The first-order valence-electron chi connectivity index (χ1n) is 6.60. The molecule has 0 saturated carbocycles. The summed E-state index contributed by atoms with van der Waals surface area (Å²) in [5.41, 5.74) is 4.77. The maximum absolute atomic E-state index is 11.8. The van der Waals surface area contributed by atoms with E-state index in [0.29, 0.717) is 19.7 Å². The van der Waals surface area contributed by atoms with Crippen LogP contribution in [0, 0.1) is 0 Å². The summed E-state index contributed by atoms with van der Waals surface area (Å²) < 4.78 is 11.6. The minimum absolute atomic E-state index is 0.0852. The van der Waals surface area contributed by atoms with Gasteiger partial charge in [0.15, 0.2) is 6.23 Å². The molecule has 0 bridgehead atoms. The first-order valence-corrected chi connectivity index (χ1v) is 6.60. The molecule has 0 spiro atoms. The predicted octanol–water partition coefficient (Wildman–Crippen LogP) is -2.32. The van der Waals surface area contributed by atoms with Gasteiger partial charge in [-0.15, -0.1) is 0 Å². The van der Waals surface area contributed by atoms with Crippen LogP contribution in [0.3, 0.4) is 0 Å². The highest BCUT2D eigenvalue weighted by molar-refractivity contribution is 5.23. The van der Waals surface area contributed by atoms with Gasteiger partial charge < -0.3 is 30.7 Å². The molecular weight excluding hydrogens is 280 g/mol. The van der Waals surface area contributed by atoms with Crippen molar-refractivity contribution in [2.75, 3.05) is 32.5 Å².